The van der Waals surface area contributed by atoms with E-state index < -0.39 is 0 Å². The highest BCUT2D eigenvalue weighted by molar-refractivity contribution is 15.0. The zero-order chi connectivity index (χ0) is 3.41. The van der Waals surface area contributed by atoms with Crippen molar-refractivity contribution in [3.05, 3.63) is 0 Å². The van der Waals surface area contributed by atoms with Gasteiger partial charge in [0.15, 0.2) is 0 Å². The largest absolute Gasteiger partial charge is 0.187 e. The molecule has 0 aromatic rings. The molecule has 0 aliphatic carbocycles. The third-order valence-corrected chi connectivity index (χ3v) is 3.86. The molecule has 0 saturated heterocycles. The predicted molar refractivity (Wildman–Crippen MR) is 39.5 cm³/mol. The molecule has 0 unspecified atom stereocenters. The van der Waals surface area contributed by atoms with E-state index in [0.717, 1.165) is 0 Å². The Hall–Kier alpha value is 1.61. The Kier molecular flexibility index (Phi) is 6.47. The van der Waals surface area contributed by atoms with Crippen molar-refractivity contribution in [2.45, 2.75) is 0 Å². The van der Waals surface area contributed by atoms with E-state index in [4.69, 9.17) is 0 Å². The molecule has 0 fully saturated rings. The van der Waals surface area contributed by atoms with Crippen molar-refractivity contribution >= 4 is 48.5 Å². The summed E-state index contributed by atoms with van der Waals surface area (Å²) in [5, 5.41) is 0. The molecule has 1 nitrogen and oxygen atoms in total. The van der Waals surface area contributed by atoms with Gasteiger partial charge in [0.05, 0.1) is 17.1 Å². The molecule has 0 rings (SSSR count). The predicted octanol–water partition coefficient (Wildman–Crippen LogP) is 2.34. The van der Waals surface area contributed by atoms with Gasteiger partial charge in [-0.3, -0.25) is 0 Å². The maximum Gasteiger partial charge on any atom is 0.0782 e. The second-order valence-electron chi connectivity index (χ2n) is 0.139. The quantitative estimate of drug-likeness (QED) is 0.521. The van der Waals surface area contributed by atoms with Crippen molar-refractivity contribution in [3.8, 4) is 0 Å². The monoisotopic (exact) mass is 301 g/mol. The van der Waals surface area contributed by atoms with E-state index in [1.807, 2.05) is 0 Å². The molecule has 0 amide bonds. The number of thiol groups is 1. The fraction of sp³-hybridized carbons (Fsp3) is 0. The van der Waals surface area contributed by atoms with E-state index in [9.17, 15) is 0 Å². The first-order valence-electron chi connectivity index (χ1n) is 0.512. The lowest BCUT2D eigenvalue weighted by atomic mass is 13.9. The second kappa shape index (κ2) is 4.61. The Labute approximate surface area is 50.4 Å². The van der Waals surface area contributed by atoms with Crippen LogP contribution in [0.3, 0.4) is 0 Å². The SMILES string of the molecule is SN=II. The van der Waals surface area contributed by atoms with Gasteiger partial charge in [0, 0.05) is 18.6 Å². The molecule has 0 N–H and O–H groups in total. The maximum atomic E-state index is 3.59. The first kappa shape index (κ1) is 5.61. The Balaban J connectivity index is 2.55. The van der Waals surface area contributed by atoms with Crippen molar-refractivity contribution in [1.82, 2.24) is 0 Å². The second-order valence-corrected chi connectivity index (χ2v) is 4.40. The molecule has 0 bridgehead atoms. The lowest BCUT2D eigenvalue weighted by molar-refractivity contribution is 2.20. The van der Waals surface area contributed by atoms with Gasteiger partial charge in [-0.25, -0.2) is 0 Å². The summed E-state index contributed by atoms with van der Waals surface area (Å²) in [4.78, 5) is 0. The van der Waals surface area contributed by atoms with Crippen molar-refractivity contribution in [2.24, 2.45) is 2.55 Å². The van der Waals surface area contributed by atoms with Gasteiger partial charge in [-0.1, -0.05) is 0 Å². The highest BCUT2D eigenvalue weighted by atomic mass is 128. The zero-order valence-corrected chi connectivity index (χ0v) is 6.86. The van der Waals surface area contributed by atoms with Gasteiger partial charge in [-0.2, -0.15) is 2.55 Å². The molecule has 0 heterocycles. The van der Waals surface area contributed by atoms with E-state index in [1.165, 1.54) is 0 Å². The van der Waals surface area contributed by atoms with Crippen molar-refractivity contribution < 1.29 is 0 Å². The van der Waals surface area contributed by atoms with Crippen LogP contribution in [0.1, 0.15) is 0 Å². The summed E-state index contributed by atoms with van der Waals surface area (Å²) in [7, 11) is 0. The molecule has 0 aromatic carbocycles. The molecular weight excluding hydrogens is 300 g/mol. The van der Waals surface area contributed by atoms with Crippen LogP contribution in [-0.2, 0) is 0 Å². The molecule has 0 saturated carbocycles. The summed E-state index contributed by atoms with van der Waals surface area (Å²) >= 11 is 5.88. The van der Waals surface area contributed by atoms with E-state index in [1.54, 1.807) is 0 Å². The Bertz CT molecular complexity index is 21.2. The summed E-state index contributed by atoms with van der Waals surface area (Å²) < 4.78 is 3.53. The van der Waals surface area contributed by atoms with Gasteiger partial charge in [-0.05, 0) is 12.8 Å². The normalized spacial score (nSPS) is 11.5. The maximum absolute atomic E-state index is 3.59. The standard InChI is InChI=1S/HI2NS/c1-2-3-4/h4H. The molecule has 0 aromatic heterocycles. The lowest BCUT2D eigenvalue weighted by Crippen LogP contribution is -0.884. The van der Waals surface area contributed by atoms with E-state index in [0.29, 0.717) is 0 Å². The van der Waals surface area contributed by atoms with Crippen molar-refractivity contribution in [3.63, 3.8) is 0 Å². The third-order valence-electron chi connectivity index (χ3n) is 0.0286. The number of halogens is 2. The van der Waals surface area contributed by atoms with Gasteiger partial charge in [0.25, 0.3) is 0 Å². The molecule has 0 atom stereocenters. The minimum atomic E-state index is 0.0698. The van der Waals surface area contributed by atoms with E-state index >= 15 is 0 Å². The summed E-state index contributed by atoms with van der Waals surface area (Å²) in [5.41, 5.74) is 0. The van der Waals surface area contributed by atoms with Crippen molar-refractivity contribution in [2.75, 3.05) is 0 Å². The summed E-state index contributed by atoms with van der Waals surface area (Å²) in [6.45, 7) is 0. The zero-order valence-electron chi connectivity index (χ0n) is 1.65. The molecule has 0 aliphatic rings. The fourth-order valence-electron chi connectivity index (χ4n) is 0. The topological polar surface area (TPSA) is 12.4 Å². The Morgan fingerprint density at radius 3 is 2.25 bits per heavy atom. The van der Waals surface area contributed by atoms with Crippen LogP contribution in [0.25, 0.3) is 0 Å². The summed E-state index contributed by atoms with van der Waals surface area (Å²) in [5.74, 6) is 0. The highest BCUT2D eigenvalue weighted by Crippen LogP contribution is 2.11. The average molecular weight is 301 g/mol. The highest BCUT2D eigenvalue weighted by Gasteiger charge is 1.39. The molecular formula is HI2NS. The average Bonchev–Trinajstić information content (AvgIpc) is 1.37. The molecule has 4 heteroatoms. The van der Waals surface area contributed by atoms with Gasteiger partial charge in [-0.15, -0.1) is 0 Å². The molecule has 0 radical (unpaired) electrons. The lowest BCUT2D eigenvalue weighted by Gasteiger charge is -1.46. The number of rotatable bonds is 0. The van der Waals surface area contributed by atoms with Crippen LogP contribution in [0.4, 0.5) is 0 Å². The van der Waals surface area contributed by atoms with Crippen LogP contribution in [-0.4, -0.2) is 0 Å². The first-order valence-corrected chi connectivity index (χ1v) is 8.16. The molecule has 0 aliphatic heterocycles. The molecule has 26 valence electrons. The first-order chi connectivity index (χ1) is 1.91. The van der Waals surface area contributed by atoms with Gasteiger partial charge < -0.3 is 0 Å². The van der Waals surface area contributed by atoms with Crippen molar-refractivity contribution in [1.29, 1.82) is 0 Å². The van der Waals surface area contributed by atoms with Crippen LogP contribution in [0.15, 0.2) is 2.55 Å². The van der Waals surface area contributed by atoms with Crippen LogP contribution in [0, 0.1) is 0 Å². The van der Waals surface area contributed by atoms with Crippen LogP contribution >= 0.6 is 48.5 Å². The number of hydrogen-bond donors (Lipinski definition) is 1. The minimum Gasteiger partial charge on any atom is -0.187 e. The molecule has 4 heavy (non-hydrogen) atoms. The van der Waals surface area contributed by atoms with Gasteiger partial charge in [0.2, 0.25) is 0 Å². The smallest absolute Gasteiger partial charge is 0.0782 e. The summed E-state index contributed by atoms with van der Waals surface area (Å²) in [6.07, 6.45) is 0. The van der Waals surface area contributed by atoms with Crippen LogP contribution < -0.4 is 0 Å². The minimum absolute atomic E-state index is 0.0698. The summed E-state index contributed by atoms with van der Waals surface area (Å²) in [6, 6.07) is 0. The number of nitrogens with zero attached hydrogens (tertiary/aromatic N) is 1. The Morgan fingerprint density at radius 1 is 2.00 bits per heavy atom. The Morgan fingerprint density at radius 2 is 2.25 bits per heavy atom. The number of hydrogen-bond acceptors (Lipinski definition) is 2. The van der Waals surface area contributed by atoms with Crippen LogP contribution in [0.5, 0.6) is 0 Å². The van der Waals surface area contributed by atoms with Gasteiger partial charge >= 0.3 is 0 Å². The fourth-order valence-corrected chi connectivity index (χ4v) is 0. The van der Waals surface area contributed by atoms with E-state index in [-0.39, 0.29) is 17.1 Å². The van der Waals surface area contributed by atoms with Gasteiger partial charge in [0.1, 0.15) is 0 Å². The van der Waals surface area contributed by atoms with Crippen LogP contribution in [0.2, 0.25) is 0 Å². The third kappa shape index (κ3) is 3.61. The molecule has 0 spiro atoms. The van der Waals surface area contributed by atoms with E-state index in [2.05, 4.69) is 34.0 Å².